The van der Waals surface area contributed by atoms with Crippen LogP contribution in [-0.4, -0.2) is 41.8 Å². The molecule has 92 valence electrons. The first-order chi connectivity index (χ1) is 6.78. The van der Waals surface area contributed by atoms with Crippen molar-refractivity contribution in [3.63, 3.8) is 0 Å². The molecule has 0 aromatic rings. The number of rotatable bonds is 7. The van der Waals surface area contributed by atoms with Gasteiger partial charge >= 0.3 is 0 Å². The van der Waals surface area contributed by atoms with E-state index in [1.807, 2.05) is 6.92 Å². The second kappa shape index (κ2) is 6.46. The first kappa shape index (κ1) is 14.9. The summed E-state index contributed by atoms with van der Waals surface area (Å²) in [6.45, 7) is 9.62. The molecule has 0 amide bonds. The molecule has 0 bridgehead atoms. The number of nitrogens with zero attached hydrogens (tertiary/aromatic N) is 1. The van der Waals surface area contributed by atoms with E-state index in [1.165, 1.54) is 6.42 Å². The highest BCUT2D eigenvalue weighted by atomic mass is 16.3. The lowest BCUT2D eigenvalue weighted by atomic mass is 9.99. The second-order valence-electron chi connectivity index (χ2n) is 5.52. The van der Waals surface area contributed by atoms with Crippen LogP contribution in [0.2, 0.25) is 0 Å². The zero-order valence-electron chi connectivity index (χ0n) is 11.0. The normalized spacial score (nSPS) is 18.2. The summed E-state index contributed by atoms with van der Waals surface area (Å²) >= 11 is 0. The zero-order valence-corrected chi connectivity index (χ0v) is 11.0. The molecule has 2 unspecified atom stereocenters. The van der Waals surface area contributed by atoms with Gasteiger partial charge in [0, 0.05) is 11.6 Å². The highest BCUT2D eigenvalue weighted by Crippen LogP contribution is 2.12. The van der Waals surface area contributed by atoms with Crippen LogP contribution in [0.1, 0.15) is 40.5 Å². The SMILES string of the molecule is CC(C)CC(C)N(C)CCC(C)(N)CO. The van der Waals surface area contributed by atoms with Crippen molar-refractivity contribution in [1.29, 1.82) is 0 Å². The van der Waals surface area contributed by atoms with Crippen molar-refractivity contribution in [3.8, 4) is 0 Å². The Balaban J connectivity index is 3.87. The minimum Gasteiger partial charge on any atom is -0.394 e. The highest BCUT2D eigenvalue weighted by Gasteiger charge is 2.19. The molecule has 0 heterocycles. The zero-order chi connectivity index (χ0) is 12.1. The van der Waals surface area contributed by atoms with Gasteiger partial charge in [0.2, 0.25) is 0 Å². The fourth-order valence-electron chi connectivity index (χ4n) is 1.59. The van der Waals surface area contributed by atoms with Gasteiger partial charge in [-0.15, -0.1) is 0 Å². The van der Waals surface area contributed by atoms with E-state index in [4.69, 9.17) is 10.8 Å². The Morgan fingerprint density at radius 2 is 1.87 bits per heavy atom. The van der Waals surface area contributed by atoms with Crippen LogP contribution in [0, 0.1) is 5.92 Å². The van der Waals surface area contributed by atoms with Gasteiger partial charge in [-0.25, -0.2) is 0 Å². The van der Waals surface area contributed by atoms with Gasteiger partial charge in [0.05, 0.1) is 6.61 Å². The number of hydrogen-bond donors (Lipinski definition) is 2. The second-order valence-corrected chi connectivity index (χ2v) is 5.52. The Bertz CT molecular complexity index is 169. The number of hydrogen-bond acceptors (Lipinski definition) is 3. The predicted octanol–water partition coefficient (Wildman–Crippen LogP) is 1.45. The van der Waals surface area contributed by atoms with Gasteiger partial charge in [0.1, 0.15) is 0 Å². The summed E-state index contributed by atoms with van der Waals surface area (Å²) in [7, 11) is 2.13. The van der Waals surface area contributed by atoms with E-state index in [0.29, 0.717) is 6.04 Å². The van der Waals surface area contributed by atoms with Gasteiger partial charge in [-0.1, -0.05) is 13.8 Å². The molecule has 0 aliphatic rings. The molecule has 0 radical (unpaired) electrons. The third kappa shape index (κ3) is 6.88. The number of nitrogens with two attached hydrogens (primary N) is 1. The molecular formula is C12H28N2O. The van der Waals surface area contributed by atoms with Crippen molar-refractivity contribution < 1.29 is 5.11 Å². The van der Waals surface area contributed by atoms with Gasteiger partial charge in [-0.05, 0) is 46.2 Å². The molecule has 0 aromatic carbocycles. The van der Waals surface area contributed by atoms with Crippen LogP contribution in [0.5, 0.6) is 0 Å². The highest BCUT2D eigenvalue weighted by molar-refractivity contribution is 4.79. The molecule has 2 atom stereocenters. The van der Waals surface area contributed by atoms with E-state index in [9.17, 15) is 0 Å². The van der Waals surface area contributed by atoms with Crippen molar-refractivity contribution in [2.75, 3.05) is 20.2 Å². The summed E-state index contributed by atoms with van der Waals surface area (Å²) in [4.78, 5) is 2.32. The minimum absolute atomic E-state index is 0.0550. The van der Waals surface area contributed by atoms with Crippen molar-refractivity contribution in [2.24, 2.45) is 11.7 Å². The lowest BCUT2D eigenvalue weighted by Crippen LogP contribution is -2.44. The lowest BCUT2D eigenvalue weighted by molar-refractivity contribution is 0.164. The van der Waals surface area contributed by atoms with Crippen LogP contribution >= 0.6 is 0 Å². The van der Waals surface area contributed by atoms with Crippen molar-refractivity contribution >= 4 is 0 Å². The number of aliphatic hydroxyl groups is 1. The maximum atomic E-state index is 9.05. The predicted molar refractivity (Wildman–Crippen MR) is 65.8 cm³/mol. The minimum atomic E-state index is -0.439. The summed E-state index contributed by atoms with van der Waals surface area (Å²) in [5, 5.41) is 9.05. The molecule has 0 aromatic heterocycles. The molecule has 3 nitrogen and oxygen atoms in total. The van der Waals surface area contributed by atoms with E-state index < -0.39 is 5.54 Å². The van der Waals surface area contributed by atoms with E-state index >= 15 is 0 Å². The van der Waals surface area contributed by atoms with Crippen molar-refractivity contribution in [3.05, 3.63) is 0 Å². The smallest absolute Gasteiger partial charge is 0.0608 e. The van der Waals surface area contributed by atoms with Gasteiger partial charge in [-0.3, -0.25) is 0 Å². The maximum Gasteiger partial charge on any atom is 0.0608 e. The molecule has 0 spiro atoms. The lowest BCUT2D eigenvalue weighted by Gasteiger charge is -2.30. The Morgan fingerprint density at radius 1 is 1.33 bits per heavy atom. The quantitative estimate of drug-likeness (QED) is 0.677. The van der Waals surface area contributed by atoms with Crippen LogP contribution in [0.25, 0.3) is 0 Å². The summed E-state index contributed by atoms with van der Waals surface area (Å²) in [6, 6.07) is 0.583. The Labute approximate surface area is 94.6 Å². The van der Waals surface area contributed by atoms with Gasteiger partial charge in [-0.2, -0.15) is 0 Å². The third-order valence-corrected chi connectivity index (χ3v) is 2.96. The third-order valence-electron chi connectivity index (χ3n) is 2.96. The maximum absolute atomic E-state index is 9.05. The van der Waals surface area contributed by atoms with Crippen molar-refractivity contribution in [2.45, 2.75) is 52.1 Å². The summed E-state index contributed by atoms with van der Waals surface area (Å²) in [6.07, 6.45) is 2.04. The molecule has 3 N–H and O–H groups in total. The molecular weight excluding hydrogens is 188 g/mol. The largest absolute Gasteiger partial charge is 0.394 e. The molecule has 3 heteroatoms. The Hall–Kier alpha value is -0.120. The number of aliphatic hydroxyl groups excluding tert-OH is 1. The van der Waals surface area contributed by atoms with Crippen LogP contribution < -0.4 is 5.73 Å². The molecule has 0 aliphatic carbocycles. The standard InChI is InChI=1S/C12H28N2O/c1-10(2)8-11(3)14(5)7-6-12(4,13)9-15/h10-11,15H,6-9,13H2,1-5H3. The monoisotopic (exact) mass is 216 g/mol. The van der Waals surface area contributed by atoms with Crippen LogP contribution in [-0.2, 0) is 0 Å². The summed E-state index contributed by atoms with van der Waals surface area (Å²) in [5.41, 5.74) is 5.45. The van der Waals surface area contributed by atoms with E-state index in [1.54, 1.807) is 0 Å². The van der Waals surface area contributed by atoms with E-state index in [-0.39, 0.29) is 6.61 Å². The van der Waals surface area contributed by atoms with Crippen LogP contribution in [0.15, 0.2) is 0 Å². The summed E-state index contributed by atoms with van der Waals surface area (Å²) in [5.74, 6) is 0.726. The molecule has 0 fully saturated rings. The average Bonchev–Trinajstić information content (AvgIpc) is 2.13. The van der Waals surface area contributed by atoms with Gasteiger partial charge < -0.3 is 15.7 Å². The van der Waals surface area contributed by atoms with Crippen molar-refractivity contribution in [1.82, 2.24) is 4.90 Å². The molecule has 0 saturated carbocycles. The average molecular weight is 216 g/mol. The fraction of sp³-hybridized carbons (Fsp3) is 1.00. The van der Waals surface area contributed by atoms with Crippen LogP contribution in [0.4, 0.5) is 0 Å². The summed E-state index contributed by atoms with van der Waals surface area (Å²) < 4.78 is 0. The molecule has 15 heavy (non-hydrogen) atoms. The first-order valence-electron chi connectivity index (χ1n) is 5.88. The molecule has 0 aliphatic heterocycles. The molecule has 0 rings (SSSR count). The topological polar surface area (TPSA) is 49.5 Å². The fourth-order valence-corrected chi connectivity index (χ4v) is 1.59. The van der Waals surface area contributed by atoms with E-state index in [2.05, 4.69) is 32.7 Å². The Morgan fingerprint density at radius 3 is 2.27 bits per heavy atom. The van der Waals surface area contributed by atoms with Gasteiger partial charge in [0.15, 0.2) is 0 Å². The van der Waals surface area contributed by atoms with Gasteiger partial charge in [0.25, 0.3) is 0 Å². The first-order valence-corrected chi connectivity index (χ1v) is 5.88. The van der Waals surface area contributed by atoms with E-state index in [0.717, 1.165) is 18.9 Å². The van der Waals surface area contributed by atoms with Crippen LogP contribution in [0.3, 0.4) is 0 Å². The molecule has 0 saturated heterocycles. The Kier molecular flexibility index (Phi) is 6.41.